The molecule has 0 aliphatic rings. The van der Waals surface area contributed by atoms with Crippen LogP contribution in [0.25, 0.3) is 33.4 Å². The summed E-state index contributed by atoms with van der Waals surface area (Å²) in [7, 11) is 0. The molecule has 11 heteroatoms. The molecule has 0 fully saturated rings. The van der Waals surface area contributed by atoms with E-state index < -0.39 is 11.7 Å². The minimum atomic E-state index is -4.40. The second-order valence-electron chi connectivity index (χ2n) is 7.75. The molecule has 0 radical (unpaired) electrons. The van der Waals surface area contributed by atoms with Crippen molar-refractivity contribution in [1.82, 2.24) is 24.7 Å². The summed E-state index contributed by atoms with van der Waals surface area (Å²) >= 11 is 6.45. The lowest BCUT2D eigenvalue weighted by Gasteiger charge is -2.14. The molecule has 0 aliphatic heterocycles. The van der Waals surface area contributed by atoms with Crippen LogP contribution < -0.4 is 10.5 Å². The van der Waals surface area contributed by atoms with Crippen molar-refractivity contribution in [2.75, 3.05) is 12.3 Å². The van der Waals surface area contributed by atoms with Gasteiger partial charge in [0, 0.05) is 28.9 Å². The van der Waals surface area contributed by atoms with Crippen LogP contribution in [0.3, 0.4) is 0 Å². The highest BCUT2D eigenvalue weighted by atomic mass is 35.5. The van der Waals surface area contributed by atoms with E-state index in [1.807, 2.05) is 36.4 Å². The Morgan fingerprint density at radius 3 is 2.54 bits per heavy atom. The van der Waals surface area contributed by atoms with Crippen molar-refractivity contribution in [1.29, 1.82) is 0 Å². The van der Waals surface area contributed by atoms with Crippen LogP contribution in [0.2, 0.25) is 5.02 Å². The van der Waals surface area contributed by atoms with Gasteiger partial charge in [-0.25, -0.2) is 9.97 Å². The first kappa shape index (κ1) is 22.7. The molecule has 0 saturated carbocycles. The van der Waals surface area contributed by atoms with Crippen LogP contribution in [0.5, 0.6) is 5.88 Å². The molecule has 5 aromatic rings. The summed E-state index contributed by atoms with van der Waals surface area (Å²) in [5.41, 5.74) is 8.63. The summed E-state index contributed by atoms with van der Waals surface area (Å²) in [6.45, 7) is 0.205. The van der Waals surface area contributed by atoms with Crippen LogP contribution in [-0.4, -0.2) is 31.3 Å². The molecule has 2 aromatic carbocycles. The minimum Gasteiger partial charge on any atom is -0.473 e. The summed E-state index contributed by atoms with van der Waals surface area (Å²) in [6.07, 6.45) is -0.388. The smallest absolute Gasteiger partial charge is 0.417 e. The number of nitrogens with zero attached hydrogens (tertiary/aromatic N) is 4. The molecule has 0 saturated heterocycles. The van der Waals surface area contributed by atoms with E-state index >= 15 is 0 Å². The fourth-order valence-electron chi connectivity index (χ4n) is 3.68. The van der Waals surface area contributed by atoms with Crippen molar-refractivity contribution in [2.24, 2.45) is 0 Å². The molecule has 3 N–H and O–H groups in total. The molecule has 35 heavy (non-hydrogen) atoms. The fourth-order valence-corrected chi connectivity index (χ4v) is 3.95. The first-order chi connectivity index (χ1) is 16.8. The van der Waals surface area contributed by atoms with Gasteiger partial charge in [-0.05, 0) is 18.2 Å². The molecular formula is C24H18ClF3N6O. The Hall–Kier alpha value is -4.05. The number of H-pyrrole nitrogens is 1. The number of aromatic amines is 1. The molecule has 3 heterocycles. The first-order valence-electron chi connectivity index (χ1n) is 10.5. The maximum absolute atomic E-state index is 12.8. The second-order valence-corrected chi connectivity index (χ2v) is 8.16. The number of rotatable bonds is 6. The van der Waals surface area contributed by atoms with Gasteiger partial charge in [0.2, 0.25) is 0 Å². The Morgan fingerprint density at radius 2 is 1.80 bits per heavy atom. The molecule has 0 amide bonds. The van der Waals surface area contributed by atoms with Crippen molar-refractivity contribution in [3.8, 4) is 28.4 Å². The summed E-state index contributed by atoms with van der Waals surface area (Å²) in [6, 6.07) is 14.0. The number of hydrogen-bond acceptors (Lipinski definition) is 5. The molecule has 7 nitrogen and oxygen atoms in total. The van der Waals surface area contributed by atoms with Gasteiger partial charge in [-0.1, -0.05) is 41.9 Å². The van der Waals surface area contributed by atoms with Gasteiger partial charge in [-0.3, -0.25) is 5.10 Å². The van der Waals surface area contributed by atoms with Gasteiger partial charge >= 0.3 is 6.18 Å². The third-order valence-corrected chi connectivity index (χ3v) is 5.67. The lowest BCUT2D eigenvalue weighted by molar-refractivity contribution is -0.137. The van der Waals surface area contributed by atoms with E-state index in [4.69, 9.17) is 22.1 Å². The first-order valence-corrected chi connectivity index (χ1v) is 10.9. The quantitative estimate of drug-likeness (QED) is 0.307. The van der Waals surface area contributed by atoms with Crippen LogP contribution >= 0.6 is 11.6 Å². The van der Waals surface area contributed by atoms with Crippen LogP contribution in [0.15, 0.2) is 67.1 Å². The van der Waals surface area contributed by atoms with E-state index in [1.165, 1.54) is 10.8 Å². The number of fused-ring (bicyclic) bond motifs is 1. The molecule has 0 atom stereocenters. The number of nitrogens with one attached hydrogen (secondary N) is 1. The Bertz CT molecular complexity index is 1500. The maximum atomic E-state index is 12.8. The normalized spacial score (nSPS) is 11.8. The maximum Gasteiger partial charge on any atom is 0.417 e. The zero-order chi connectivity index (χ0) is 24.6. The SMILES string of the molecule is Nc1nc(-c2ccccc2)c(-c2cc(Cl)c3[nH]ncc3c2)nc1OCCn1ccc(C(F)(F)F)c1. The topological polar surface area (TPSA) is 94.6 Å². The number of aromatic nitrogens is 5. The van der Waals surface area contributed by atoms with Crippen LogP contribution in [0.4, 0.5) is 19.0 Å². The number of nitrogens with two attached hydrogens (primary N) is 1. The third-order valence-electron chi connectivity index (χ3n) is 5.38. The van der Waals surface area contributed by atoms with Gasteiger partial charge in [0.1, 0.15) is 12.3 Å². The molecule has 3 aromatic heterocycles. The number of halogens is 4. The van der Waals surface area contributed by atoms with Gasteiger partial charge in [0.05, 0.1) is 34.5 Å². The molecular weight excluding hydrogens is 481 g/mol. The summed E-state index contributed by atoms with van der Waals surface area (Å²) in [5.74, 6) is 0.137. The fraction of sp³-hybridized carbons (Fsp3) is 0.125. The van der Waals surface area contributed by atoms with E-state index in [9.17, 15) is 13.2 Å². The van der Waals surface area contributed by atoms with Crippen molar-refractivity contribution in [2.45, 2.75) is 12.7 Å². The molecule has 0 aliphatic carbocycles. The van der Waals surface area contributed by atoms with Gasteiger partial charge in [0.15, 0.2) is 5.82 Å². The van der Waals surface area contributed by atoms with E-state index in [1.54, 1.807) is 12.3 Å². The molecule has 0 unspecified atom stereocenters. The predicted molar refractivity (Wildman–Crippen MR) is 127 cm³/mol. The van der Waals surface area contributed by atoms with Crippen LogP contribution in [0, 0.1) is 0 Å². The molecule has 5 rings (SSSR count). The number of anilines is 1. The summed E-state index contributed by atoms with van der Waals surface area (Å²) in [4.78, 5) is 9.19. The Morgan fingerprint density at radius 1 is 1.03 bits per heavy atom. The van der Waals surface area contributed by atoms with E-state index in [-0.39, 0.29) is 24.8 Å². The van der Waals surface area contributed by atoms with E-state index in [2.05, 4.69) is 20.2 Å². The highest BCUT2D eigenvalue weighted by Crippen LogP contribution is 2.36. The lowest BCUT2D eigenvalue weighted by Crippen LogP contribution is -2.11. The summed E-state index contributed by atoms with van der Waals surface area (Å²) < 4.78 is 45.6. The third kappa shape index (κ3) is 4.65. The monoisotopic (exact) mass is 498 g/mol. The largest absolute Gasteiger partial charge is 0.473 e. The van der Waals surface area contributed by atoms with Gasteiger partial charge in [-0.2, -0.15) is 18.3 Å². The Kier molecular flexibility index (Phi) is 5.81. The van der Waals surface area contributed by atoms with Crippen LogP contribution in [-0.2, 0) is 12.7 Å². The van der Waals surface area contributed by atoms with Crippen molar-refractivity contribution in [3.63, 3.8) is 0 Å². The molecule has 178 valence electrons. The average molecular weight is 499 g/mol. The zero-order valence-corrected chi connectivity index (χ0v) is 18.8. The number of nitrogen functional groups attached to an aromatic ring is 1. The van der Waals surface area contributed by atoms with Crippen molar-refractivity contribution < 1.29 is 17.9 Å². The standard InChI is InChI=1S/C24H18ClF3N6O/c25-18-11-15(10-16-12-30-33-19(16)18)21-20(14-4-2-1-3-5-14)31-22(29)23(32-21)35-9-8-34-7-6-17(13-34)24(26,27)28/h1-7,10-13H,8-9H2,(H2,29,31)(H,30,33). The average Bonchev–Trinajstić information content (AvgIpc) is 3.50. The lowest BCUT2D eigenvalue weighted by atomic mass is 10.0. The highest BCUT2D eigenvalue weighted by molar-refractivity contribution is 6.35. The van der Waals surface area contributed by atoms with Gasteiger partial charge < -0.3 is 15.0 Å². The number of benzene rings is 2. The van der Waals surface area contributed by atoms with E-state index in [0.717, 1.165) is 23.2 Å². The Balaban J connectivity index is 1.49. The van der Waals surface area contributed by atoms with E-state index in [0.29, 0.717) is 27.5 Å². The molecule has 0 bridgehead atoms. The molecule has 0 spiro atoms. The zero-order valence-electron chi connectivity index (χ0n) is 18.1. The number of hydrogen-bond donors (Lipinski definition) is 2. The van der Waals surface area contributed by atoms with Crippen LogP contribution in [0.1, 0.15) is 5.56 Å². The van der Waals surface area contributed by atoms with Crippen molar-refractivity contribution >= 4 is 28.3 Å². The minimum absolute atomic E-state index is 0.0382. The highest BCUT2D eigenvalue weighted by Gasteiger charge is 2.31. The Labute approximate surface area is 202 Å². The second kappa shape index (κ2) is 8.95. The summed E-state index contributed by atoms with van der Waals surface area (Å²) in [5, 5.41) is 8.14. The predicted octanol–water partition coefficient (Wildman–Crippen LogP) is 5.82. The number of ether oxygens (including phenoxy) is 1. The van der Waals surface area contributed by atoms with Crippen molar-refractivity contribution in [3.05, 3.63) is 77.7 Å². The van der Waals surface area contributed by atoms with Gasteiger partial charge in [0.25, 0.3) is 5.88 Å². The number of alkyl halides is 3. The van der Waals surface area contributed by atoms with Gasteiger partial charge in [-0.15, -0.1) is 0 Å².